The highest BCUT2D eigenvalue weighted by molar-refractivity contribution is 7.90. The smallest absolute Gasteiger partial charge is 0.257 e. The summed E-state index contributed by atoms with van der Waals surface area (Å²) in [4.78, 5) is 21.1. The van der Waals surface area contributed by atoms with Gasteiger partial charge in [-0.3, -0.25) is 9.78 Å². The molecule has 0 aliphatic heterocycles. The van der Waals surface area contributed by atoms with E-state index >= 15 is 0 Å². The van der Waals surface area contributed by atoms with E-state index in [-0.39, 0.29) is 29.1 Å². The Bertz CT molecular complexity index is 1010. The van der Waals surface area contributed by atoms with Crippen molar-refractivity contribution in [3.05, 3.63) is 54.0 Å². The van der Waals surface area contributed by atoms with Gasteiger partial charge in [-0.15, -0.1) is 0 Å². The van der Waals surface area contributed by atoms with Gasteiger partial charge in [0.05, 0.1) is 23.0 Å². The summed E-state index contributed by atoms with van der Waals surface area (Å²) in [6.07, 6.45) is 2.39. The van der Waals surface area contributed by atoms with Crippen LogP contribution in [0.1, 0.15) is 24.1 Å². The van der Waals surface area contributed by atoms with Gasteiger partial charge < -0.3 is 5.32 Å². The van der Waals surface area contributed by atoms with E-state index in [0.29, 0.717) is 11.3 Å². The van der Waals surface area contributed by atoms with Gasteiger partial charge in [0.1, 0.15) is 12.3 Å². The molecule has 1 amide bonds. The Kier molecular flexibility index (Phi) is 6.07. The van der Waals surface area contributed by atoms with Gasteiger partial charge in [0.25, 0.3) is 5.91 Å². The number of sulfone groups is 1. The highest BCUT2D eigenvalue weighted by Crippen LogP contribution is 2.34. The van der Waals surface area contributed by atoms with Crippen LogP contribution in [0.5, 0.6) is 0 Å². The molecule has 1 aliphatic carbocycles. The Labute approximate surface area is 168 Å². The van der Waals surface area contributed by atoms with Crippen molar-refractivity contribution in [2.24, 2.45) is 5.92 Å². The summed E-state index contributed by atoms with van der Waals surface area (Å²) < 4.78 is 50.6. The van der Waals surface area contributed by atoms with Crippen LogP contribution in [0, 0.1) is 12.8 Å². The van der Waals surface area contributed by atoms with E-state index in [1.165, 1.54) is 36.7 Å². The number of nitrogens with one attached hydrogen (secondary N) is 1. The third kappa shape index (κ3) is 5.23. The fourth-order valence-electron chi connectivity index (χ4n) is 3.17. The number of benzene rings is 1. The molecule has 1 heterocycles. The number of rotatable bonds is 5. The van der Waals surface area contributed by atoms with Gasteiger partial charge in [0, 0.05) is 11.8 Å². The van der Waals surface area contributed by atoms with Gasteiger partial charge in [-0.05, 0) is 43.4 Å². The molecule has 0 bridgehead atoms. The summed E-state index contributed by atoms with van der Waals surface area (Å²) >= 11 is 0. The van der Waals surface area contributed by atoms with E-state index in [9.17, 15) is 22.0 Å². The predicted molar refractivity (Wildman–Crippen MR) is 105 cm³/mol. The van der Waals surface area contributed by atoms with E-state index in [0.717, 1.165) is 6.26 Å². The highest BCUT2D eigenvalue weighted by Gasteiger charge is 2.34. The van der Waals surface area contributed by atoms with Gasteiger partial charge in [0.15, 0.2) is 15.7 Å². The molecular formula is C20H21F2N3O3S. The third-order valence-corrected chi connectivity index (χ3v) is 5.84. The molecule has 3 rings (SSSR count). The second-order valence-corrected chi connectivity index (χ2v) is 9.15. The summed E-state index contributed by atoms with van der Waals surface area (Å²) in [5, 5.41) is 2.62. The molecule has 3 atom stereocenters. The van der Waals surface area contributed by atoms with Gasteiger partial charge >= 0.3 is 0 Å². The molecule has 0 saturated heterocycles. The van der Waals surface area contributed by atoms with Crippen molar-refractivity contribution >= 4 is 27.1 Å². The number of nitrogens with zero attached hydrogens (tertiary/aromatic N) is 2. The number of carbonyl (C=O) groups is 1. The number of amides is 1. The lowest BCUT2D eigenvalue weighted by molar-refractivity contribution is -0.111. The molecular weight excluding hydrogens is 400 g/mol. The molecule has 1 saturated carbocycles. The van der Waals surface area contributed by atoms with Crippen molar-refractivity contribution in [3.8, 4) is 0 Å². The number of hydrogen-bond donors (Lipinski definition) is 1. The van der Waals surface area contributed by atoms with Gasteiger partial charge in [0.2, 0.25) is 0 Å². The van der Waals surface area contributed by atoms with E-state index in [2.05, 4.69) is 15.3 Å². The topological polar surface area (TPSA) is 89.0 Å². The van der Waals surface area contributed by atoms with Crippen molar-refractivity contribution in [3.63, 3.8) is 0 Å². The molecule has 1 aromatic heterocycles. The van der Waals surface area contributed by atoms with Crippen LogP contribution in [0.4, 0.5) is 14.6 Å². The number of halogens is 2. The Morgan fingerprint density at radius 1 is 1.10 bits per heavy atom. The minimum absolute atomic E-state index is 0.0102. The first-order chi connectivity index (χ1) is 13.6. The van der Waals surface area contributed by atoms with Crippen molar-refractivity contribution in [1.29, 1.82) is 0 Å². The Morgan fingerprint density at radius 2 is 1.72 bits per heavy atom. The lowest BCUT2D eigenvalue weighted by Gasteiger charge is -2.12. The van der Waals surface area contributed by atoms with Crippen LogP contribution in [0.2, 0.25) is 0 Å². The molecule has 6 nitrogen and oxygen atoms in total. The largest absolute Gasteiger partial charge is 0.305 e. The SMILES string of the molecule is Cc1cnc(NC(=O)/C(=C/C2C[C@@H](F)[C@@H](F)C2)c2ccc(S(C)(=O)=O)cc2)cn1. The summed E-state index contributed by atoms with van der Waals surface area (Å²) in [6.45, 7) is 1.76. The van der Waals surface area contributed by atoms with Crippen molar-refractivity contribution in [1.82, 2.24) is 9.97 Å². The maximum Gasteiger partial charge on any atom is 0.257 e. The van der Waals surface area contributed by atoms with E-state index in [1.807, 2.05) is 0 Å². The van der Waals surface area contributed by atoms with Crippen molar-refractivity contribution < 1.29 is 22.0 Å². The first kappa shape index (κ1) is 21.0. The van der Waals surface area contributed by atoms with Crippen LogP contribution in [0.3, 0.4) is 0 Å². The Morgan fingerprint density at radius 3 is 2.24 bits per heavy atom. The average molecular weight is 421 g/mol. The van der Waals surface area contributed by atoms with Crippen LogP contribution in [-0.4, -0.2) is 42.9 Å². The van der Waals surface area contributed by atoms with E-state index in [4.69, 9.17) is 0 Å². The number of anilines is 1. The molecule has 1 fully saturated rings. The zero-order chi connectivity index (χ0) is 21.2. The number of aryl methyl sites for hydroxylation is 1. The van der Waals surface area contributed by atoms with Crippen LogP contribution in [0.15, 0.2) is 47.6 Å². The molecule has 0 radical (unpaired) electrons. The fraction of sp³-hybridized carbons (Fsp3) is 0.350. The quantitative estimate of drug-likeness (QED) is 0.749. The molecule has 1 unspecified atom stereocenters. The highest BCUT2D eigenvalue weighted by atomic mass is 32.2. The van der Waals surface area contributed by atoms with Crippen molar-refractivity contribution in [2.45, 2.75) is 37.0 Å². The molecule has 9 heteroatoms. The van der Waals surface area contributed by atoms with Crippen LogP contribution in [0.25, 0.3) is 5.57 Å². The molecule has 1 aromatic carbocycles. The number of allylic oxidation sites excluding steroid dienone is 1. The zero-order valence-corrected chi connectivity index (χ0v) is 16.8. The summed E-state index contributed by atoms with van der Waals surface area (Å²) in [5.74, 6) is -0.732. The number of aromatic nitrogens is 2. The van der Waals surface area contributed by atoms with Gasteiger partial charge in [-0.1, -0.05) is 18.2 Å². The molecule has 2 aromatic rings. The molecule has 0 spiro atoms. The first-order valence-corrected chi connectivity index (χ1v) is 10.9. The van der Waals surface area contributed by atoms with Crippen LogP contribution >= 0.6 is 0 Å². The minimum atomic E-state index is -3.39. The molecule has 1 aliphatic rings. The second-order valence-electron chi connectivity index (χ2n) is 7.14. The third-order valence-electron chi connectivity index (χ3n) is 4.71. The summed E-state index contributed by atoms with van der Waals surface area (Å²) in [6, 6.07) is 5.78. The van der Waals surface area contributed by atoms with Gasteiger partial charge in [-0.2, -0.15) is 0 Å². The molecule has 1 N–H and O–H groups in total. The monoisotopic (exact) mass is 421 g/mol. The van der Waals surface area contributed by atoms with E-state index in [1.54, 1.807) is 13.0 Å². The Balaban J connectivity index is 1.93. The number of carbonyl (C=O) groups excluding carboxylic acids is 1. The lowest BCUT2D eigenvalue weighted by Crippen LogP contribution is -2.16. The summed E-state index contributed by atoms with van der Waals surface area (Å²) in [5.41, 5.74) is 1.32. The summed E-state index contributed by atoms with van der Waals surface area (Å²) in [7, 11) is -3.39. The van der Waals surface area contributed by atoms with Gasteiger partial charge in [-0.25, -0.2) is 22.2 Å². The standard InChI is InChI=1S/C20H21F2N3O3S/c1-12-10-24-19(11-23-12)25-20(26)16(7-13-8-17(21)18(22)9-13)14-3-5-15(6-4-14)29(2,27)28/h3-7,10-11,13,17-18H,8-9H2,1-2H3,(H,24,25,26)/b16-7+/t13?,17-,18+. The fourth-order valence-corrected chi connectivity index (χ4v) is 3.80. The minimum Gasteiger partial charge on any atom is -0.305 e. The van der Waals surface area contributed by atoms with Crippen LogP contribution < -0.4 is 5.32 Å². The molecule has 29 heavy (non-hydrogen) atoms. The second kappa shape index (κ2) is 8.36. The predicted octanol–water partition coefficient (Wildman–Crippen LogP) is 3.30. The average Bonchev–Trinajstić information content (AvgIpc) is 2.98. The Hall–Kier alpha value is -2.68. The normalized spacial score (nSPS) is 22.5. The zero-order valence-electron chi connectivity index (χ0n) is 16.0. The number of hydrogen-bond acceptors (Lipinski definition) is 5. The first-order valence-electron chi connectivity index (χ1n) is 9.04. The lowest BCUT2D eigenvalue weighted by atomic mass is 9.98. The maximum absolute atomic E-state index is 13.6. The maximum atomic E-state index is 13.6. The number of alkyl halides is 2. The van der Waals surface area contributed by atoms with E-state index < -0.39 is 34.0 Å². The van der Waals surface area contributed by atoms with Crippen LogP contribution in [-0.2, 0) is 14.6 Å². The molecule has 154 valence electrons. The van der Waals surface area contributed by atoms with Crippen molar-refractivity contribution in [2.75, 3.05) is 11.6 Å².